The molecule has 0 spiro atoms. The summed E-state index contributed by atoms with van der Waals surface area (Å²) in [7, 11) is 0. The van der Waals surface area contributed by atoms with E-state index in [2.05, 4.69) is 36.1 Å². The number of hydrogen-bond donors (Lipinski definition) is 1. The topological polar surface area (TPSA) is 96.8 Å². The van der Waals surface area contributed by atoms with Gasteiger partial charge in [-0.3, -0.25) is 9.59 Å². The Balaban J connectivity index is 1.54. The van der Waals surface area contributed by atoms with Crippen LogP contribution in [0.3, 0.4) is 0 Å². The zero-order valence-electron chi connectivity index (χ0n) is 18.1. The minimum Gasteiger partial charge on any atom is -0.343 e. The SMILES string of the molecule is CC(C)(C)CC(=O)N1CCC(c2nc3c(nnn3Cc3ccccc3Cl)c(=O)[nH]2)CC1. The van der Waals surface area contributed by atoms with Crippen molar-refractivity contribution in [2.75, 3.05) is 13.1 Å². The molecule has 0 aliphatic carbocycles. The zero-order valence-corrected chi connectivity index (χ0v) is 18.8. The number of nitrogens with one attached hydrogen (secondary N) is 1. The first-order valence-corrected chi connectivity index (χ1v) is 10.9. The highest BCUT2D eigenvalue weighted by Crippen LogP contribution is 2.28. The summed E-state index contributed by atoms with van der Waals surface area (Å²) in [5.74, 6) is 0.896. The minimum atomic E-state index is -0.295. The van der Waals surface area contributed by atoms with Gasteiger partial charge >= 0.3 is 0 Å². The van der Waals surface area contributed by atoms with E-state index >= 15 is 0 Å². The van der Waals surface area contributed by atoms with Gasteiger partial charge in [-0.25, -0.2) is 9.67 Å². The molecule has 1 aliphatic rings. The number of aromatic amines is 1. The molecule has 3 heterocycles. The fourth-order valence-electron chi connectivity index (χ4n) is 3.94. The molecule has 31 heavy (non-hydrogen) atoms. The monoisotopic (exact) mass is 442 g/mol. The molecule has 4 rings (SSSR count). The Kier molecular flexibility index (Phi) is 5.83. The molecule has 0 bridgehead atoms. The van der Waals surface area contributed by atoms with E-state index < -0.39 is 0 Å². The fraction of sp³-hybridized carbons (Fsp3) is 0.500. The second kappa shape index (κ2) is 8.42. The Morgan fingerprint density at radius 2 is 1.94 bits per heavy atom. The molecule has 0 unspecified atom stereocenters. The molecule has 0 atom stereocenters. The van der Waals surface area contributed by atoms with Crippen molar-refractivity contribution < 1.29 is 4.79 Å². The van der Waals surface area contributed by atoms with Crippen LogP contribution in [-0.2, 0) is 11.3 Å². The second-order valence-corrected chi connectivity index (χ2v) is 9.76. The van der Waals surface area contributed by atoms with Gasteiger partial charge in [-0.05, 0) is 29.9 Å². The van der Waals surface area contributed by atoms with Crippen molar-refractivity contribution >= 4 is 28.7 Å². The van der Waals surface area contributed by atoms with Gasteiger partial charge in [0.05, 0.1) is 6.54 Å². The number of fused-ring (bicyclic) bond motifs is 1. The van der Waals surface area contributed by atoms with Gasteiger partial charge in [-0.15, -0.1) is 5.10 Å². The number of piperidine rings is 1. The fourth-order valence-corrected chi connectivity index (χ4v) is 4.13. The van der Waals surface area contributed by atoms with Gasteiger partial charge in [0, 0.05) is 30.5 Å². The van der Waals surface area contributed by atoms with Gasteiger partial charge in [-0.1, -0.05) is 55.8 Å². The normalized spacial score (nSPS) is 15.5. The van der Waals surface area contributed by atoms with Gasteiger partial charge in [-0.2, -0.15) is 0 Å². The highest BCUT2D eigenvalue weighted by molar-refractivity contribution is 6.31. The van der Waals surface area contributed by atoms with Crippen molar-refractivity contribution in [2.24, 2.45) is 5.41 Å². The highest BCUT2D eigenvalue weighted by atomic mass is 35.5. The lowest BCUT2D eigenvalue weighted by Gasteiger charge is -2.33. The molecule has 8 nitrogen and oxygen atoms in total. The average Bonchev–Trinajstić information content (AvgIpc) is 3.12. The second-order valence-electron chi connectivity index (χ2n) is 9.35. The number of aromatic nitrogens is 5. The first-order valence-electron chi connectivity index (χ1n) is 10.6. The maximum atomic E-state index is 12.6. The molecule has 3 aromatic rings. The number of benzene rings is 1. The highest BCUT2D eigenvalue weighted by Gasteiger charge is 2.28. The third kappa shape index (κ3) is 4.79. The van der Waals surface area contributed by atoms with E-state index in [0.717, 1.165) is 18.4 Å². The number of hydrogen-bond acceptors (Lipinski definition) is 5. The number of likely N-dealkylation sites (tertiary alicyclic amines) is 1. The van der Waals surface area contributed by atoms with Gasteiger partial charge < -0.3 is 9.88 Å². The first-order chi connectivity index (χ1) is 14.7. The van der Waals surface area contributed by atoms with E-state index in [0.29, 0.717) is 42.5 Å². The van der Waals surface area contributed by atoms with Gasteiger partial charge in [0.1, 0.15) is 5.82 Å². The largest absolute Gasteiger partial charge is 0.343 e. The van der Waals surface area contributed by atoms with Crippen LogP contribution in [0, 0.1) is 5.41 Å². The molecule has 164 valence electrons. The van der Waals surface area contributed by atoms with Crippen LogP contribution >= 0.6 is 11.6 Å². The van der Waals surface area contributed by atoms with Crippen LogP contribution in [-0.4, -0.2) is 48.9 Å². The minimum absolute atomic E-state index is 0.0290. The van der Waals surface area contributed by atoms with Crippen molar-refractivity contribution in [3.8, 4) is 0 Å². The summed E-state index contributed by atoms with van der Waals surface area (Å²) in [6.07, 6.45) is 2.05. The Bertz CT molecular complexity index is 1150. The average molecular weight is 443 g/mol. The van der Waals surface area contributed by atoms with Crippen LogP contribution in [0.1, 0.15) is 57.3 Å². The molecular formula is C22H27ClN6O2. The maximum Gasteiger partial charge on any atom is 0.281 e. The molecule has 2 aromatic heterocycles. The standard InChI is InChI=1S/C22H27ClN6O2/c1-22(2,3)12-17(30)28-10-8-14(9-11-28)19-24-20-18(21(31)25-19)26-27-29(20)13-15-6-4-5-7-16(15)23/h4-7,14H,8-13H2,1-3H3,(H,24,25,31). The lowest BCUT2D eigenvalue weighted by Crippen LogP contribution is -2.39. The number of carbonyl (C=O) groups excluding carboxylic acids is 1. The number of halogens is 1. The third-order valence-electron chi connectivity index (χ3n) is 5.59. The first kappa shape index (κ1) is 21.5. The Morgan fingerprint density at radius 1 is 1.23 bits per heavy atom. The van der Waals surface area contributed by atoms with Gasteiger partial charge in [0.15, 0.2) is 11.2 Å². The van der Waals surface area contributed by atoms with E-state index in [9.17, 15) is 9.59 Å². The van der Waals surface area contributed by atoms with Crippen molar-refractivity contribution in [1.82, 2.24) is 29.9 Å². The van der Waals surface area contributed by atoms with Crippen LogP contribution in [0.15, 0.2) is 29.1 Å². The Morgan fingerprint density at radius 3 is 2.61 bits per heavy atom. The van der Waals surface area contributed by atoms with E-state index in [1.165, 1.54) is 0 Å². The molecule has 0 radical (unpaired) electrons. The smallest absolute Gasteiger partial charge is 0.281 e. The molecule has 1 amide bonds. The summed E-state index contributed by atoms with van der Waals surface area (Å²) in [5.41, 5.74) is 1.22. The third-order valence-corrected chi connectivity index (χ3v) is 5.95. The predicted molar refractivity (Wildman–Crippen MR) is 119 cm³/mol. The van der Waals surface area contributed by atoms with Crippen LogP contribution in [0.25, 0.3) is 11.2 Å². The lowest BCUT2D eigenvalue weighted by atomic mass is 9.90. The van der Waals surface area contributed by atoms with E-state index in [1.54, 1.807) is 4.68 Å². The number of H-pyrrole nitrogens is 1. The Labute approximate surface area is 185 Å². The summed E-state index contributed by atoms with van der Waals surface area (Å²) in [5, 5.41) is 8.76. The molecule has 0 saturated carbocycles. The zero-order chi connectivity index (χ0) is 22.2. The maximum absolute atomic E-state index is 12.6. The predicted octanol–water partition coefficient (Wildman–Crippen LogP) is 3.36. The van der Waals surface area contributed by atoms with Gasteiger partial charge in [0.25, 0.3) is 5.56 Å². The van der Waals surface area contributed by atoms with Crippen LogP contribution < -0.4 is 5.56 Å². The quantitative estimate of drug-likeness (QED) is 0.668. The van der Waals surface area contributed by atoms with E-state index in [1.807, 2.05) is 29.2 Å². The molecule has 1 aromatic carbocycles. The Hall–Kier alpha value is -2.74. The molecule has 9 heteroatoms. The summed E-state index contributed by atoms with van der Waals surface area (Å²) in [4.78, 5) is 34.6. The summed E-state index contributed by atoms with van der Waals surface area (Å²) in [6, 6.07) is 7.50. The lowest BCUT2D eigenvalue weighted by molar-refractivity contribution is -0.134. The van der Waals surface area contributed by atoms with Gasteiger partial charge in [0.2, 0.25) is 5.91 Å². The van der Waals surface area contributed by atoms with Crippen LogP contribution in [0.4, 0.5) is 0 Å². The van der Waals surface area contributed by atoms with Crippen molar-refractivity contribution in [1.29, 1.82) is 0 Å². The van der Waals surface area contributed by atoms with Crippen LogP contribution in [0.2, 0.25) is 5.02 Å². The molecule has 1 N–H and O–H groups in total. The molecular weight excluding hydrogens is 416 g/mol. The van der Waals surface area contributed by atoms with E-state index in [-0.39, 0.29) is 28.3 Å². The van der Waals surface area contributed by atoms with Crippen molar-refractivity contribution in [3.05, 3.63) is 51.0 Å². The summed E-state index contributed by atoms with van der Waals surface area (Å²) < 4.78 is 1.61. The molecule has 1 fully saturated rings. The van der Waals surface area contributed by atoms with E-state index in [4.69, 9.17) is 16.6 Å². The van der Waals surface area contributed by atoms with Crippen molar-refractivity contribution in [3.63, 3.8) is 0 Å². The molecule has 1 saturated heterocycles. The summed E-state index contributed by atoms with van der Waals surface area (Å²) in [6.45, 7) is 7.92. The van der Waals surface area contributed by atoms with Crippen LogP contribution in [0.5, 0.6) is 0 Å². The molecule has 1 aliphatic heterocycles. The number of rotatable bonds is 4. The summed E-state index contributed by atoms with van der Waals surface area (Å²) >= 11 is 6.27. The number of nitrogens with zero attached hydrogens (tertiary/aromatic N) is 5. The van der Waals surface area contributed by atoms with Crippen molar-refractivity contribution in [2.45, 2.75) is 52.5 Å². The number of carbonyl (C=O) groups is 1. The number of amides is 1.